The number of thiazole rings is 1. The molecule has 3 aromatic heterocycles. The second-order valence-electron chi connectivity index (χ2n) is 7.25. The zero-order valence-electron chi connectivity index (χ0n) is 16.7. The monoisotopic (exact) mass is 386 g/mol. The van der Waals surface area contributed by atoms with Gasteiger partial charge in [-0.15, -0.1) is 0 Å². The molecule has 0 radical (unpaired) electrons. The minimum absolute atomic E-state index is 0.0783. The van der Waals surface area contributed by atoms with Crippen LogP contribution in [0.2, 0.25) is 0 Å². The van der Waals surface area contributed by atoms with Crippen LogP contribution in [0.5, 0.6) is 0 Å². The Morgan fingerprint density at radius 2 is 2.00 bits per heavy atom. The fourth-order valence-electron chi connectivity index (χ4n) is 3.08. The molecule has 144 valence electrons. The molecule has 0 aromatic carbocycles. The maximum absolute atomic E-state index is 12.6. The summed E-state index contributed by atoms with van der Waals surface area (Å²) in [6, 6.07) is 0. The number of carbonyl (C=O) groups excluding carboxylic acids is 1. The standard InChI is InChI=1S/C19H26N6OS/c1-11(2)10-25-14(5)15(12(3)23-25)9-16(26)22-19-21-13(4)17(27-19)18-20-7-8-24(18)6/h7-8,11H,9-10H2,1-6H3,(H,21,22,26). The second-order valence-corrected chi connectivity index (χ2v) is 8.24. The average Bonchev–Trinajstić information content (AvgIpc) is 3.21. The molecule has 3 aromatic rings. The third kappa shape index (κ3) is 4.10. The van der Waals surface area contributed by atoms with Gasteiger partial charge in [0, 0.05) is 37.2 Å². The SMILES string of the molecule is Cc1nc(NC(=O)Cc2c(C)nn(CC(C)C)c2C)sc1-c1nccn1C. The van der Waals surface area contributed by atoms with E-state index in [0.717, 1.165) is 39.9 Å². The maximum atomic E-state index is 12.6. The van der Waals surface area contributed by atoms with Gasteiger partial charge in [0.05, 0.1) is 22.7 Å². The summed E-state index contributed by atoms with van der Waals surface area (Å²) >= 11 is 1.45. The van der Waals surface area contributed by atoms with Crippen molar-refractivity contribution >= 4 is 22.4 Å². The lowest BCUT2D eigenvalue weighted by molar-refractivity contribution is -0.115. The number of rotatable bonds is 6. The Labute approximate surface area is 163 Å². The van der Waals surface area contributed by atoms with Gasteiger partial charge in [-0.2, -0.15) is 5.10 Å². The molecular formula is C19H26N6OS. The van der Waals surface area contributed by atoms with Crippen molar-refractivity contribution in [2.24, 2.45) is 13.0 Å². The van der Waals surface area contributed by atoms with E-state index in [2.05, 4.69) is 34.2 Å². The molecule has 0 aliphatic heterocycles. The van der Waals surface area contributed by atoms with Crippen molar-refractivity contribution in [1.29, 1.82) is 0 Å². The van der Waals surface area contributed by atoms with E-state index < -0.39 is 0 Å². The highest BCUT2D eigenvalue weighted by atomic mass is 32.1. The van der Waals surface area contributed by atoms with Gasteiger partial charge in [0.15, 0.2) is 11.0 Å². The van der Waals surface area contributed by atoms with Crippen molar-refractivity contribution in [3.63, 3.8) is 0 Å². The predicted molar refractivity (Wildman–Crippen MR) is 108 cm³/mol. The van der Waals surface area contributed by atoms with E-state index in [0.29, 0.717) is 17.5 Å². The zero-order valence-corrected chi connectivity index (χ0v) is 17.5. The summed E-state index contributed by atoms with van der Waals surface area (Å²) in [4.78, 5) is 22.4. The predicted octanol–water partition coefficient (Wildman–Crippen LogP) is 3.50. The number of anilines is 1. The number of aromatic nitrogens is 5. The molecule has 0 saturated heterocycles. The van der Waals surface area contributed by atoms with E-state index in [1.165, 1.54) is 11.3 Å². The minimum atomic E-state index is -0.0783. The molecule has 0 saturated carbocycles. The van der Waals surface area contributed by atoms with E-state index in [1.807, 2.05) is 43.3 Å². The lowest BCUT2D eigenvalue weighted by atomic mass is 10.1. The molecule has 3 rings (SSSR count). The van der Waals surface area contributed by atoms with Crippen LogP contribution >= 0.6 is 11.3 Å². The molecule has 0 unspecified atom stereocenters. The number of imidazole rings is 1. The lowest BCUT2D eigenvalue weighted by Gasteiger charge is -2.08. The van der Waals surface area contributed by atoms with Crippen LogP contribution < -0.4 is 5.32 Å². The van der Waals surface area contributed by atoms with Gasteiger partial charge in [0.1, 0.15) is 0 Å². The molecule has 0 atom stereocenters. The van der Waals surface area contributed by atoms with Crippen LogP contribution in [0.25, 0.3) is 10.7 Å². The van der Waals surface area contributed by atoms with Crippen molar-refractivity contribution in [2.75, 3.05) is 5.32 Å². The summed E-state index contributed by atoms with van der Waals surface area (Å²) in [6.07, 6.45) is 3.95. The first-order chi connectivity index (χ1) is 12.8. The first kappa shape index (κ1) is 19.3. The second kappa shape index (κ2) is 7.64. The number of aryl methyl sites for hydroxylation is 3. The highest BCUT2D eigenvalue weighted by Gasteiger charge is 2.18. The van der Waals surface area contributed by atoms with Gasteiger partial charge >= 0.3 is 0 Å². The van der Waals surface area contributed by atoms with Gasteiger partial charge in [-0.3, -0.25) is 9.48 Å². The summed E-state index contributed by atoms with van der Waals surface area (Å²) in [7, 11) is 1.94. The number of nitrogens with one attached hydrogen (secondary N) is 1. The molecule has 7 nitrogen and oxygen atoms in total. The molecule has 1 N–H and O–H groups in total. The van der Waals surface area contributed by atoms with Crippen molar-refractivity contribution in [2.45, 2.75) is 47.6 Å². The summed E-state index contributed by atoms with van der Waals surface area (Å²) in [5.74, 6) is 1.28. The third-order valence-electron chi connectivity index (χ3n) is 4.47. The molecule has 1 amide bonds. The Morgan fingerprint density at radius 3 is 2.63 bits per heavy atom. The van der Waals surface area contributed by atoms with Crippen LogP contribution in [0.3, 0.4) is 0 Å². The quantitative estimate of drug-likeness (QED) is 0.703. The summed E-state index contributed by atoms with van der Waals surface area (Å²) in [5, 5.41) is 8.11. The normalized spacial score (nSPS) is 11.4. The van der Waals surface area contributed by atoms with E-state index in [-0.39, 0.29) is 5.91 Å². The Bertz CT molecular complexity index is 965. The number of nitrogens with zero attached hydrogens (tertiary/aromatic N) is 5. The van der Waals surface area contributed by atoms with Crippen molar-refractivity contribution in [1.82, 2.24) is 24.3 Å². The largest absolute Gasteiger partial charge is 0.333 e. The van der Waals surface area contributed by atoms with Gasteiger partial charge in [-0.1, -0.05) is 25.2 Å². The minimum Gasteiger partial charge on any atom is -0.333 e. The Hall–Kier alpha value is -2.48. The molecule has 27 heavy (non-hydrogen) atoms. The smallest absolute Gasteiger partial charge is 0.230 e. The van der Waals surface area contributed by atoms with Crippen LogP contribution in [0.1, 0.15) is 36.5 Å². The van der Waals surface area contributed by atoms with Gasteiger partial charge in [-0.05, 0) is 26.7 Å². The van der Waals surface area contributed by atoms with Gasteiger partial charge < -0.3 is 9.88 Å². The Balaban J connectivity index is 1.74. The summed E-state index contributed by atoms with van der Waals surface area (Å²) < 4.78 is 3.94. The summed E-state index contributed by atoms with van der Waals surface area (Å²) in [6.45, 7) is 11.1. The van der Waals surface area contributed by atoms with Gasteiger partial charge in [-0.25, -0.2) is 9.97 Å². The molecular weight excluding hydrogens is 360 g/mol. The maximum Gasteiger partial charge on any atom is 0.230 e. The van der Waals surface area contributed by atoms with E-state index in [9.17, 15) is 4.79 Å². The Morgan fingerprint density at radius 1 is 1.26 bits per heavy atom. The van der Waals surface area contributed by atoms with E-state index in [1.54, 1.807) is 6.20 Å². The highest BCUT2D eigenvalue weighted by Crippen LogP contribution is 2.31. The number of amides is 1. The number of hydrogen-bond acceptors (Lipinski definition) is 5. The molecule has 0 spiro atoms. The number of hydrogen-bond donors (Lipinski definition) is 1. The lowest BCUT2D eigenvalue weighted by Crippen LogP contribution is -2.15. The van der Waals surface area contributed by atoms with Gasteiger partial charge in [0.25, 0.3) is 0 Å². The molecule has 8 heteroatoms. The van der Waals surface area contributed by atoms with Crippen LogP contribution in [-0.2, 0) is 24.8 Å². The zero-order chi connectivity index (χ0) is 19.7. The van der Waals surface area contributed by atoms with Crippen molar-refractivity contribution in [3.8, 4) is 10.7 Å². The van der Waals surface area contributed by atoms with Crippen LogP contribution in [-0.4, -0.2) is 30.2 Å². The highest BCUT2D eigenvalue weighted by molar-refractivity contribution is 7.19. The van der Waals surface area contributed by atoms with E-state index in [4.69, 9.17) is 0 Å². The van der Waals surface area contributed by atoms with E-state index >= 15 is 0 Å². The third-order valence-corrected chi connectivity index (χ3v) is 5.54. The average molecular weight is 387 g/mol. The van der Waals surface area contributed by atoms with Gasteiger partial charge in [0.2, 0.25) is 5.91 Å². The van der Waals surface area contributed by atoms with Crippen LogP contribution in [0.4, 0.5) is 5.13 Å². The first-order valence-corrected chi connectivity index (χ1v) is 9.85. The summed E-state index contributed by atoms with van der Waals surface area (Å²) in [5.41, 5.74) is 3.82. The fourth-order valence-corrected chi connectivity index (χ4v) is 4.10. The van der Waals surface area contributed by atoms with Crippen LogP contribution in [0.15, 0.2) is 12.4 Å². The Kier molecular flexibility index (Phi) is 5.46. The number of carbonyl (C=O) groups is 1. The molecule has 0 aliphatic carbocycles. The van der Waals surface area contributed by atoms with Crippen molar-refractivity contribution in [3.05, 3.63) is 35.0 Å². The molecule has 0 aliphatic rings. The molecule has 0 bridgehead atoms. The molecule has 0 fully saturated rings. The topological polar surface area (TPSA) is 77.6 Å². The molecule has 3 heterocycles. The van der Waals surface area contributed by atoms with Crippen molar-refractivity contribution < 1.29 is 4.79 Å². The fraction of sp³-hybridized carbons (Fsp3) is 0.474. The van der Waals surface area contributed by atoms with Crippen LogP contribution in [0, 0.1) is 26.7 Å². The first-order valence-electron chi connectivity index (χ1n) is 9.04.